The Morgan fingerprint density at radius 1 is 1.36 bits per heavy atom. The lowest BCUT2D eigenvalue weighted by molar-refractivity contribution is 0.0482. The standard InChI is InChI=1S/C10H11BrO3/c11-9-4-2-8(3-5-9)10(13)14-7-1-6-12/h2-5,12H,1,6-7H2. The number of rotatable bonds is 4. The maximum Gasteiger partial charge on any atom is 0.338 e. The van der Waals surface area contributed by atoms with Gasteiger partial charge in [0.15, 0.2) is 0 Å². The van der Waals surface area contributed by atoms with Gasteiger partial charge in [-0.25, -0.2) is 4.79 Å². The molecule has 0 aliphatic heterocycles. The first-order valence-corrected chi connectivity index (χ1v) is 5.07. The zero-order valence-corrected chi connectivity index (χ0v) is 9.16. The van der Waals surface area contributed by atoms with Gasteiger partial charge in [-0.1, -0.05) is 15.9 Å². The Kier molecular flexibility index (Phi) is 4.62. The van der Waals surface area contributed by atoms with E-state index in [0.29, 0.717) is 12.0 Å². The molecule has 4 heteroatoms. The summed E-state index contributed by atoms with van der Waals surface area (Å²) in [5.41, 5.74) is 0.520. The van der Waals surface area contributed by atoms with Crippen LogP contribution in [0.1, 0.15) is 16.8 Å². The summed E-state index contributed by atoms with van der Waals surface area (Å²) in [7, 11) is 0. The first-order valence-electron chi connectivity index (χ1n) is 4.27. The van der Waals surface area contributed by atoms with Crippen LogP contribution in [0.15, 0.2) is 28.7 Å². The summed E-state index contributed by atoms with van der Waals surface area (Å²) >= 11 is 3.27. The summed E-state index contributed by atoms with van der Waals surface area (Å²) in [5, 5.41) is 8.49. The molecule has 1 N–H and O–H groups in total. The Morgan fingerprint density at radius 3 is 2.57 bits per heavy atom. The summed E-state index contributed by atoms with van der Waals surface area (Å²) in [4.78, 5) is 11.3. The molecule has 1 aromatic carbocycles. The molecular formula is C10H11BrO3. The molecule has 0 fully saturated rings. The van der Waals surface area contributed by atoms with Gasteiger partial charge in [-0.15, -0.1) is 0 Å². The van der Waals surface area contributed by atoms with Crippen LogP contribution < -0.4 is 0 Å². The van der Waals surface area contributed by atoms with Gasteiger partial charge >= 0.3 is 5.97 Å². The van der Waals surface area contributed by atoms with Crippen LogP contribution in [0.4, 0.5) is 0 Å². The van der Waals surface area contributed by atoms with Crippen LogP contribution in [0, 0.1) is 0 Å². The summed E-state index contributed by atoms with van der Waals surface area (Å²) in [5.74, 6) is -0.356. The van der Waals surface area contributed by atoms with Crippen LogP contribution in [0.5, 0.6) is 0 Å². The third-order valence-electron chi connectivity index (χ3n) is 1.62. The highest BCUT2D eigenvalue weighted by Crippen LogP contribution is 2.11. The van der Waals surface area contributed by atoms with Gasteiger partial charge in [0.2, 0.25) is 0 Å². The number of carbonyl (C=O) groups is 1. The molecular weight excluding hydrogens is 248 g/mol. The van der Waals surface area contributed by atoms with Crippen molar-refractivity contribution in [2.24, 2.45) is 0 Å². The van der Waals surface area contributed by atoms with Crippen molar-refractivity contribution >= 4 is 21.9 Å². The van der Waals surface area contributed by atoms with Crippen LogP contribution in [0.3, 0.4) is 0 Å². The predicted octanol–water partition coefficient (Wildman–Crippen LogP) is 1.99. The van der Waals surface area contributed by atoms with Gasteiger partial charge in [0, 0.05) is 17.5 Å². The van der Waals surface area contributed by atoms with E-state index < -0.39 is 0 Å². The minimum atomic E-state index is -0.356. The molecule has 76 valence electrons. The number of ether oxygens (including phenoxy) is 1. The molecule has 0 amide bonds. The Hall–Kier alpha value is -0.870. The first kappa shape index (κ1) is 11.2. The third kappa shape index (κ3) is 3.47. The largest absolute Gasteiger partial charge is 0.462 e. The average molecular weight is 259 g/mol. The highest BCUT2D eigenvalue weighted by molar-refractivity contribution is 9.10. The number of aliphatic hydroxyl groups excluding tert-OH is 1. The summed E-state index contributed by atoms with van der Waals surface area (Å²) in [6.45, 7) is 0.291. The Balaban J connectivity index is 2.48. The lowest BCUT2D eigenvalue weighted by Gasteiger charge is -2.03. The summed E-state index contributed by atoms with van der Waals surface area (Å²) < 4.78 is 5.81. The topological polar surface area (TPSA) is 46.5 Å². The Morgan fingerprint density at radius 2 is 2.00 bits per heavy atom. The van der Waals surface area contributed by atoms with Gasteiger partial charge in [0.1, 0.15) is 0 Å². The van der Waals surface area contributed by atoms with Crippen molar-refractivity contribution in [1.82, 2.24) is 0 Å². The van der Waals surface area contributed by atoms with E-state index in [1.165, 1.54) is 0 Å². The minimum Gasteiger partial charge on any atom is -0.462 e. The fraction of sp³-hybridized carbons (Fsp3) is 0.300. The maximum absolute atomic E-state index is 11.3. The second-order valence-electron chi connectivity index (χ2n) is 2.72. The van der Waals surface area contributed by atoms with E-state index in [1.54, 1.807) is 24.3 Å². The van der Waals surface area contributed by atoms with E-state index >= 15 is 0 Å². The molecule has 1 rings (SSSR count). The van der Waals surface area contributed by atoms with Crippen molar-refractivity contribution in [1.29, 1.82) is 0 Å². The molecule has 0 aromatic heterocycles. The van der Waals surface area contributed by atoms with E-state index in [4.69, 9.17) is 9.84 Å². The minimum absolute atomic E-state index is 0.0353. The molecule has 0 saturated carbocycles. The van der Waals surface area contributed by atoms with Crippen molar-refractivity contribution in [3.8, 4) is 0 Å². The van der Waals surface area contributed by atoms with Crippen LogP contribution in [-0.2, 0) is 4.74 Å². The van der Waals surface area contributed by atoms with Crippen molar-refractivity contribution < 1.29 is 14.6 Å². The smallest absolute Gasteiger partial charge is 0.338 e. The monoisotopic (exact) mass is 258 g/mol. The van der Waals surface area contributed by atoms with E-state index in [2.05, 4.69) is 15.9 Å². The lowest BCUT2D eigenvalue weighted by atomic mass is 10.2. The zero-order valence-electron chi connectivity index (χ0n) is 7.57. The normalized spacial score (nSPS) is 9.86. The van der Waals surface area contributed by atoms with E-state index in [0.717, 1.165) is 4.47 Å². The molecule has 0 saturated heterocycles. The summed E-state index contributed by atoms with van der Waals surface area (Å²) in [6, 6.07) is 6.93. The molecule has 0 atom stereocenters. The van der Waals surface area contributed by atoms with Gasteiger partial charge in [-0.05, 0) is 24.3 Å². The second kappa shape index (κ2) is 5.78. The Labute approximate surface area is 90.8 Å². The molecule has 14 heavy (non-hydrogen) atoms. The fourth-order valence-electron chi connectivity index (χ4n) is 0.899. The number of benzene rings is 1. The first-order chi connectivity index (χ1) is 6.74. The highest BCUT2D eigenvalue weighted by atomic mass is 79.9. The van der Waals surface area contributed by atoms with Gasteiger partial charge in [-0.3, -0.25) is 0 Å². The molecule has 0 aliphatic rings. The molecule has 0 heterocycles. The van der Waals surface area contributed by atoms with E-state index in [-0.39, 0.29) is 19.2 Å². The van der Waals surface area contributed by atoms with Gasteiger partial charge in [0.25, 0.3) is 0 Å². The van der Waals surface area contributed by atoms with Crippen molar-refractivity contribution in [2.75, 3.05) is 13.2 Å². The zero-order chi connectivity index (χ0) is 10.4. The van der Waals surface area contributed by atoms with Crippen molar-refractivity contribution in [3.63, 3.8) is 0 Å². The SMILES string of the molecule is O=C(OCCCO)c1ccc(Br)cc1. The number of esters is 1. The number of aliphatic hydroxyl groups is 1. The molecule has 0 bridgehead atoms. The van der Waals surface area contributed by atoms with Crippen molar-refractivity contribution in [3.05, 3.63) is 34.3 Å². The molecule has 0 unspecified atom stereocenters. The molecule has 0 aliphatic carbocycles. The Bertz CT molecular complexity index is 295. The van der Waals surface area contributed by atoms with Gasteiger partial charge < -0.3 is 9.84 Å². The van der Waals surface area contributed by atoms with Gasteiger partial charge in [0.05, 0.1) is 12.2 Å². The van der Waals surface area contributed by atoms with Crippen molar-refractivity contribution in [2.45, 2.75) is 6.42 Å². The lowest BCUT2D eigenvalue weighted by Crippen LogP contribution is -2.07. The third-order valence-corrected chi connectivity index (χ3v) is 2.14. The van der Waals surface area contributed by atoms with Crippen LogP contribution in [-0.4, -0.2) is 24.3 Å². The maximum atomic E-state index is 11.3. The van der Waals surface area contributed by atoms with Gasteiger partial charge in [-0.2, -0.15) is 0 Å². The molecule has 3 nitrogen and oxygen atoms in total. The number of hydrogen-bond donors (Lipinski definition) is 1. The number of hydrogen-bond acceptors (Lipinski definition) is 3. The predicted molar refractivity (Wildman–Crippen MR) is 56.1 cm³/mol. The number of carbonyl (C=O) groups excluding carboxylic acids is 1. The van der Waals surface area contributed by atoms with Crippen LogP contribution in [0.25, 0.3) is 0 Å². The summed E-state index contributed by atoms with van der Waals surface area (Å²) in [6.07, 6.45) is 0.474. The second-order valence-corrected chi connectivity index (χ2v) is 3.64. The molecule has 0 spiro atoms. The van der Waals surface area contributed by atoms with Crippen LogP contribution >= 0.6 is 15.9 Å². The quantitative estimate of drug-likeness (QED) is 0.664. The average Bonchev–Trinajstić information content (AvgIpc) is 2.19. The molecule has 0 radical (unpaired) electrons. The highest BCUT2D eigenvalue weighted by Gasteiger charge is 2.05. The molecule has 1 aromatic rings. The van der Waals surface area contributed by atoms with E-state index in [1.807, 2.05) is 0 Å². The fourth-order valence-corrected chi connectivity index (χ4v) is 1.16. The number of halogens is 1. The van der Waals surface area contributed by atoms with Crippen LogP contribution in [0.2, 0.25) is 0 Å². The van der Waals surface area contributed by atoms with E-state index in [9.17, 15) is 4.79 Å².